The van der Waals surface area contributed by atoms with E-state index in [0.717, 1.165) is 43.9 Å². The Hall–Kier alpha value is -2.34. The quantitative estimate of drug-likeness (QED) is 0.877. The Balaban J connectivity index is 1.48. The molecular weight excluding hydrogens is 316 g/mol. The fourth-order valence-corrected chi connectivity index (χ4v) is 3.12. The molecule has 2 aromatic rings. The van der Waals surface area contributed by atoms with Crippen LogP contribution < -0.4 is 5.32 Å². The molecule has 1 atom stereocenters. The standard InChI is InChI=1S/C19H26N4O2/c1-3-22(2)12-15-9-10-23(13-15)19(24)20-11-17-14-25-18(21-17)16-7-5-4-6-8-16/h4-8,14-15H,3,9-13H2,1-2H3,(H,20,24)/t15-/m1/s1. The summed E-state index contributed by atoms with van der Waals surface area (Å²) in [6, 6.07) is 9.72. The molecule has 2 heterocycles. The minimum Gasteiger partial charge on any atom is -0.444 e. The van der Waals surface area contributed by atoms with Gasteiger partial charge in [-0.1, -0.05) is 25.1 Å². The fraction of sp³-hybridized carbons (Fsp3) is 0.474. The van der Waals surface area contributed by atoms with Crippen LogP contribution in [0, 0.1) is 5.92 Å². The van der Waals surface area contributed by atoms with Crippen LogP contribution in [-0.4, -0.2) is 54.0 Å². The number of oxazole rings is 1. The van der Waals surface area contributed by atoms with E-state index in [1.54, 1.807) is 6.26 Å². The Morgan fingerprint density at radius 2 is 2.20 bits per heavy atom. The Morgan fingerprint density at radius 3 is 2.96 bits per heavy atom. The second-order valence-electron chi connectivity index (χ2n) is 6.62. The van der Waals surface area contributed by atoms with Gasteiger partial charge >= 0.3 is 6.03 Å². The number of likely N-dealkylation sites (tertiary alicyclic amines) is 1. The third-order valence-electron chi connectivity index (χ3n) is 4.68. The van der Waals surface area contributed by atoms with Crippen LogP contribution >= 0.6 is 0 Å². The average Bonchev–Trinajstić information content (AvgIpc) is 3.30. The van der Waals surface area contributed by atoms with E-state index in [1.807, 2.05) is 35.2 Å². The van der Waals surface area contributed by atoms with E-state index in [2.05, 4.69) is 29.2 Å². The zero-order valence-corrected chi connectivity index (χ0v) is 14.9. The summed E-state index contributed by atoms with van der Waals surface area (Å²) in [5.74, 6) is 1.14. The molecule has 1 N–H and O–H groups in total. The number of amides is 2. The molecule has 2 amide bonds. The van der Waals surface area contributed by atoms with Crippen LogP contribution in [0.1, 0.15) is 19.0 Å². The predicted octanol–water partition coefficient (Wildman–Crippen LogP) is 2.82. The summed E-state index contributed by atoms with van der Waals surface area (Å²) in [6.07, 6.45) is 2.67. The first-order valence-corrected chi connectivity index (χ1v) is 8.87. The minimum atomic E-state index is -0.0223. The van der Waals surface area contributed by atoms with Gasteiger partial charge in [0.05, 0.1) is 12.2 Å². The number of nitrogens with one attached hydrogen (secondary N) is 1. The summed E-state index contributed by atoms with van der Waals surface area (Å²) in [5.41, 5.74) is 1.66. The van der Waals surface area contributed by atoms with E-state index in [-0.39, 0.29) is 6.03 Å². The highest BCUT2D eigenvalue weighted by Gasteiger charge is 2.26. The first kappa shape index (κ1) is 17.5. The van der Waals surface area contributed by atoms with Crippen molar-refractivity contribution >= 4 is 6.03 Å². The average molecular weight is 342 g/mol. The topological polar surface area (TPSA) is 61.6 Å². The number of hydrogen-bond acceptors (Lipinski definition) is 4. The van der Waals surface area contributed by atoms with E-state index < -0.39 is 0 Å². The SMILES string of the molecule is CCN(C)C[C@H]1CCN(C(=O)NCc2coc(-c3ccccc3)n2)C1. The molecular formula is C19H26N4O2. The predicted molar refractivity (Wildman–Crippen MR) is 97.0 cm³/mol. The molecule has 0 unspecified atom stereocenters. The van der Waals surface area contributed by atoms with Gasteiger partial charge in [-0.2, -0.15) is 0 Å². The lowest BCUT2D eigenvalue weighted by molar-refractivity contribution is 0.204. The van der Waals surface area contributed by atoms with Gasteiger partial charge in [-0.15, -0.1) is 0 Å². The second-order valence-corrected chi connectivity index (χ2v) is 6.62. The molecule has 3 rings (SSSR count). The molecule has 1 fully saturated rings. The van der Waals surface area contributed by atoms with Gasteiger partial charge in [-0.25, -0.2) is 9.78 Å². The first-order chi connectivity index (χ1) is 12.2. The second kappa shape index (κ2) is 8.16. The molecule has 134 valence electrons. The van der Waals surface area contributed by atoms with Gasteiger partial charge in [0.2, 0.25) is 5.89 Å². The lowest BCUT2D eigenvalue weighted by Gasteiger charge is -2.20. The molecule has 0 bridgehead atoms. The molecule has 1 aromatic heterocycles. The number of carbonyl (C=O) groups is 1. The third kappa shape index (κ3) is 4.60. The van der Waals surface area contributed by atoms with Gasteiger partial charge in [0.15, 0.2) is 0 Å². The summed E-state index contributed by atoms with van der Waals surface area (Å²) in [7, 11) is 2.12. The summed E-state index contributed by atoms with van der Waals surface area (Å²) in [5, 5.41) is 2.94. The number of nitrogens with zero attached hydrogens (tertiary/aromatic N) is 3. The van der Waals surface area contributed by atoms with Crippen molar-refractivity contribution in [1.82, 2.24) is 20.1 Å². The van der Waals surface area contributed by atoms with Crippen LogP contribution in [0.25, 0.3) is 11.5 Å². The summed E-state index contributed by atoms with van der Waals surface area (Å²) in [6.45, 7) is 6.27. The zero-order chi connectivity index (χ0) is 17.6. The Morgan fingerprint density at radius 1 is 1.40 bits per heavy atom. The fourth-order valence-electron chi connectivity index (χ4n) is 3.12. The molecule has 25 heavy (non-hydrogen) atoms. The number of aromatic nitrogens is 1. The molecule has 0 spiro atoms. The molecule has 1 saturated heterocycles. The number of rotatable bonds is 6. The molecule has 1 aliphatic rings. The van der Waals surface area contributed by atoms with Crippen molar-refractivity contribution in [2.75, 3.05) is 33.2 Å². The van der Waals surface area contributed by atoms with Gasteiger partial charge < -0.3 is 19.5 Å². The van der Waals surface area contributed by atoms with E-state index in [9.17, 15) is 4.79 Å². The summed E-state index contributed by atoms with van der Waals surface area (Å²) >= 11 is 0. The zero-order valence-electron chi connectivity index (χ0n) is 14.9. The summed E-state index contributed by atoms with van der Waals surface area (Å²) in [4.78, 5) is 21.0. The largest absolute Gasteiger partial charge is 0.444 e. The normalized spacial score (nSPS) is 17.2. The van der Waals surface area contributed by atoms with Crippen LogP contribution in [0.5, 0.6) is 0 Å². The van der Waals surface area contributed by atoms with Crippen molar-refractivity contribution < 1.29 is 9.21 Å². The highest BCUT2D eigenvalue weighted by molar-refractivity contribution is 5.74. The van der Waals surface area contributed by atoms with Crippen molar-refractivity contribution in [3.8, 4) is 11.5 Å². The van der Waals surface area contributed by atoms with Crippen molar-refractivity contribution in [1.29, 1.82) is 0 Å². The molecule has 1 aromatic carbocycles. The molecule has 6 nitrogen and oxygen atoms in total. The molecule has 0 radical (unpaired) electrons. The number of benzene rings is 1. The lowest BCUT2D eigenvalue weighted by Crippen LogP contribution is -2.38. The molecule has 0 aliphatic carbocycles. The highest BCUT2D eigenvalue weighted by Crippen LogP contribution is 2.19. The summed E-state index contributed by atoms with van der Waals surface area (Å²) < 4.78 is 5.50. The van der Waals surface area contributed by atoms with Gasteiger partial charge in [-0.3, -0.25) is 0 Å². The van der Waals surface area contributed by atoms with E-state index in [4.69, 9.17) is 4.42 Å². The monoisotopic (exact) mass is 342 g/mol. The lowest BCUT2D eigenvalue weighted by atomic mass is 10.1. The maximum atomic E-state index is 12.3. The van der Waals surface area contributed by atoms with E-state index in [1.165, 1.54) is 0 Å². The number of urea groups is 1. The number of carbonyl (C=O) groups excluding carboxylic acids is 1. The van der Waals surface area contributed by atoms with Gasteiger partial charge in [0.1, 0.15) is 6.26 Å². The Labute approximate surface area is 148 Å². The van der Waals surface area contributed by atoms with Crippen molar-refractivity contribution in [2.24, 2.45) is 5.92 Å². The number of hydrogen-bond donors (Lipinski definition) is 1. The van der Waals surface area contributed by atoms with Crippen LogP contribution in [0.2, 0.25) is 0 Å². The van der Waals surface area contributed by atoms with Crippen LogP contribution in [-0.2, 0) is 6.54 Å². The molecule has 0 saturated carbocycles. The highest BCUT2D eigenvalue weighted by atomic mass is 16.3. The molecule has 1 aliphatic heterocycles. The minimum absolute atomic E-state index is 0.0223. The van der Waals surface area contributed by atoms with Crippen LogP contribution in [0.15, 0.2) is 41.0 Å². The van der Waals surface area contributed by atoms with Gasteiger partial charge in [0, 0.05) is 25.2 Å². The van der Waals surface area contributed by atoms with E-state index in [0.29, 0.717) is 18.4 Å². The van der Waals surface area contributed by atoms with E-state index >= 15 is 0 Å². The molecule has 6 heteroatoms. The first-order valence-electron chi connectivity index (χ1n) is 8.87. The van der Waals surface area contributed by atoms with Gasteiger partial charge in [0.25, 0.3) is 0 Å². The van der Waals surface area contributed by atoms with Crippen LogP contribution in [0.4, 0.5) is 4.79 Å². The third-order valence-corrected chi connectivity index (χ3v) is 4.68. The smallest absolute Gasteiger partial charge is 0.317 e. The van der Waals surface area contributed by atoms with Crippen molar-refractivity contribution in [3.05, 3.63) is 42.3 Å². The Kier molecular flexibility index (Phi) is 5.71. The van der Waals surface area contributed by atoms with Crippen molar-refractivity contribution in [3.63, 3.8) is 0 Å². The van der Waals surface area contributed by atoms with Gasteiger partial charge in [-0.05, 0) is 38.1 Å². The van der Waals surface area contributed by atoms with Crippen molar-refractivity contribution in [2.45, 2.75) is 19.9 Å². The maximum Gasteiger partial charge on any atom is 0.317 e. The van der Waals surface area contributed by atoms with Crippen LogP contribution in [0.3, 0.4) is 0 Å². The Bertz CT molecular complexity index is 686. The maximum absolute atomic E-state index is 12.3.